The largest absolute Gasteiger partial charge is 0.289 e. The van der Waals surface area contributed by atoms with Gasteiger partial charge in [0.15, 0.2) is 0 Å². The molecule has 1 heterocycles. The molecule has 1 aliphatic carbocycles. The van der Waals surface area contributed by atoms with Gasteiger partial charge in [0.05, 0.1) is 0 Å². The molecule has 0 amide bonds. The Morgan fingerprint density at radius 3 is 2.56 bits per heavy atom. The van der Waals surface area contributed by atoms with Crippen molar-refractivity contribution in [2.45, 2.75) is 65.3 Å². The van der Waals surface area contributed by atoms with Gasteiger partial charge >= 0.3 is 0 Å². The predicted molar refractivity (Wildman–Crippen MR) is 108 cm³/mol. The van der Waals surface area contributed by atoms with Gasteiger partial charge in [0.2, 0.25) is 0 Å². The van der Waals surface area contributed by atoms with Crippen molar-refractivity contribution in [3.63, 3.8) is 0 Å². The summed E-state index contributed by atoms with van der Waals surface area (Å²) >= 11 is 0. The van der Waals surface area contributed by atoms with Crippen molar-refractivity contribution < 1.29 is 0 Å². The minimum absolute atomic E-state index is 0.0998. The molecule has 2 aromatic rings. The van der Waals surface area contributed by atoms with Crippen LogP contribution in [0.2, 0.25) is 0 Å². The van der Waals surface area contributed by atoms with Crippen LogP contribution in [-0.2, 0) is 6.42 Å². The minimum atomic E-state index is 0.0998. The number of aryl methyl sites for hydroxylation is 1. The smallest absolute Gasteiger partial charge is 0.260 e. The molecular weight excluding hydrogens is 308 g/mol. The van der Waals surface area contributed by atoms with Crippen molar-refractivity contribution >= 4 is 28.4 Å². The topological polar surface area (TPSA) is 34.4 Å². The molecule has 0 unspecified atom stereocenters. The van der Waals surface area contributed by atoms with E-state index in [0.717, 1.165) is 47.1 Å². The van der Waals surface area contributed by atoms with Crippen LogP contribution in [0.4, 0.5) is 5.82 Å². The first kappa shape index (κ1) is 17.7. The fourth-order valence-corrected chi connectivity index (χ4v) is 3.90. The Labute approximate surface area is 150 Å². The Balaban J connectivity index is 2.40. The molecule has 1 aromatic carbocycles. The van der Waals surface area contributed by atoms with E-state index in [1.54, 1.807) is 0 Å². The Hall–Kier alpha value is -2.16. The fourth-order valence-electron chi connectivity index (χ4n) is 3.90. The van der Waals surface area contributed by atoms with Gasteiger partial charge in [-0.05, 0) is 50.1 Å². The lowest BCUT2D eigenvalue weighted by Crippen LogP contribution is -2.27. The van der Waals surface area contributed by atoms with E-state index in [1.165, 1.54) is 24.8 Å². The molecule has 0 radical (unpaired) electrons. The molecule has 0 bridgehead atoms. The van der Waals surface area contributed by atoms with Crippen molar-refractivity contribution in [2.24, 2.45) is 4.99 Å². The standard InChI is InChI=1S/C22H28N2O/c1-5-16-12-13-19-18(6-2)21(23-15(3)4)24(22(25)20(19)14-16)17-10-8-7-9-11-17/h6,12-14,17H,2,5,7-11H2,1,3-4H3. The Bertz CT molecular complexity index is 879. The highest BCUT2D eigenvalue weighted by Crippen LogP contribution is 2.35. The molecule has 0 N–H and O–H groups in total. The molecule has 0 spiro atoms. The summed E-state index contributed by atoms with van der Waals surface area (Å²) in [5.74, 6) is 0.781. The summed E-state index contributed by atoms with van der Waals surface area (Å²) in [6.45, 7) is 10.1. The average molecular weight is 336 g/mol. The second-order valence-corrected chi connectivity index (χ2v) is 7.20. The van der Waals surface area contributed by atoms with Gasteiger partial charge in [0.1, 0.15) is 5.82 Å². The van der Waals surface area contributed by atoms with Gasteiger partial charge in [-0.15, -0.1) is 0 Å². The van der Waals surface area contributed by atoms with Crippen LogP contribution in [0.15, 0.2) is 34.6 Å². The molecule has 3 rings (SSSR count). The van der Waals surface area contributed by atoms with Crippen LogP contribution in [-0.4, -0.2) is 10.3 Å². The van der Waals surface area contributed by atoms with Crippen LogP contribution in [0.3, 0.4) is 0 Å². The summed E-state index contributed by atoms with van der Waals surface area (Å²) in [6, 6.07) is 6.46. The first-order chi connectivity index (χ1) is 12.1. The molecule has 3 heteroatoms. The lowest BCUT2D eigenvalue weighted by atomic mass is 9.94. The molecule has 132 valence electrons. The molecule has 0 atom stereocenters. The third-order valence-corrected chi connectivity index (χ3v) is 5.17. The van der Waals surface area contributed by atoms with Gasteiger partial charge in [0, 0.05) is 22.7 Å². The molecule has 0 saturated heterocycles. The first-order valence-electron chi connectivity index (χ1n) is 9.42. The van der Waals surface area contributed by atoms with Gasteiger partial charge in [0.25, 0.3) is 5.56 Å². The van der Waals surface area contributed by atoms with E-state index in [9.17, 15) is 4.79 Å². The van der Waals surface area contributed by atoms with Gasteiger partial charge in [-0.2, -0.15) is 0 Å². The molecule has 1 saturated carbocycles. The van der Waals surface area contributed by atoms with E-state index in [2.05, 4.69) is 31.7 Å². The minimum Gasteiger partial charge on any atom is -0.289 e. The quantitative estimate of drug-likeness (QED) is 0.647. The zero-order valence-corrected chi connectivity index (χ0v) is 15.6. The van der Waals surface area contributed by atoms with Crippen LogP contribution in [0.25, 0.3) is 16.8 Å². The SMILES string of the molecule is C=Cc1c(N=C(C)C)n(C2CCCCC2)c(=O)c2cc(CC)ccc12. The number of aromatic nitrogens is 1. The summed E-state index contributed by atoms with van der Waals surface area (Å²) in [6.07, 6.45) is 8.52. The number of benzene rings is 1. The zero-order valence-electron chi connectivity index (χ0n) is 15.6. The number of aliphatic imine (C=N–C) groups is 1. The molecule has 3 nitrogen and oxygen atoms in total. The highest BCUT2D eigenvalue weighted by atomic mass is 16.1. The van der Waals surface area contributed by atoms with Gasteiger partial charge in [-0.25, -0.2) is 4.99 Å². The summed E-state index contributed by atoms with van der Waals surface area (Å²) in [5.41, 5.74) is 3.22. The molecule has 1 fully saturated rings. The lowest BCUT2D eigenvalue weighted by molar-refractivity contribution is 0.350. The maximum atomic E-state index is 13.4. The van der Waals surface area contributed by atoms with E-state index in [4.69, 9.17) is 4.99 Å². The van der Waals surface area contributed by atoms with E-state index in [-0.39, 0.29) is 11.6 Å². The normalized spacial score (nSPS) is 15.3. The monoisotopic (exact) mass is 336 g/mol. The van der Waals surface area contributed by atoms with Crippen molar-refractivity contribution in [2.75, 3.05) is 0 Å². The Morgan fingerprint density at radius 1 is 1.24 bits per heavy atom. The van der Waals surface area contributed by atoms with E-state index in [1.807, 2.05) is 24.5 Å². The second-order valence-electron chi connectivity index (χ2n) is 7.20. The van der Waals surface area contributed by atoms with E-state index in [0.29, 0.717) is 0 Å². The van der Waals surface area contributed by atoms with Gasteiger partial charge < -0.3 is 0 Å². The number of nitrogens with zero attached hydrogens (tertiary/aromatic N) is 2. The second kappa shape index (κ2) is 7.38. The predicted octanol–water partition coefficient (Wildman–Crippen LogP) is 5.82. The van der Waals surface area contributed by atoms with Crippen LogP contribution < -0.4 is 5.56 Å². The van der Waals surface area contributed by atoms with E-state index < -0.39 is 0 Å². The highest BCUT2D eigenvalue weighted by Gasteiger charge is 2.23. The number of rotatable bonds is 4. The maximum absolute atomic E-state index is 13.4. The van der Waals surface area contributed by atoms with Crippen LogP contribution >= 0.6 is 0 Å². The number of hydrogen-bond acceptors (Lipinski definition) is 2. The Kier molecular flexibility index (Phi) is 5.22. The fraction of sp³-hybridized carbons (Fsp3) is 0.455. The summed E-state index contributed by atoms with van der Waals surface area (Å²) in [7, 11) is 0. The van der Waals surface area contributed by atoms with Crippen LogP contribution in [0.5, 0.6) is 0 Å². The third kappa shape index (κ3) is 3.33. The number of hydrogen-bond donors (Lipinski definition) is 0. The average Bonchev–Trinajstić information content (AvgIpc) is 2.62. The number of pyridine rings is 1. The van der Waals surface area contributed by atoms with Crippen molar-refractivity contribution in [1.82, 2.24) is 4.57 Å². The summed E-state index contributed by atoms with van der Waals surface area (Å²) in [4.78, 5) is 18.2. The van der Waals surface area contributed by atoms with Gasteiger partial charge in [-0.3, -0.25) is 9.36 Å². The molecular formula is C22H28N2O. The molecule has 25 heavy (non-hydrogen) atoms. The maximum Gasteiger partial charge on any atom is 0.260 e. The van der Waals surface area contributed by atoms with Gasteiger partial charge in [-0.1, -0.05) is 51.0 Å². The van der Waals surface area contributed by atoms with Crippen molar-refractivity contribution in [3.05, 3.63) is 46.3 Å². The van der Waals surface area contributed by atoms with Crippen molar-refractivity contribution in [3.8, 4) is 0 Å². The molecule has 1 aromatic heterocycles. The van der Waals surface area contributed by atoms with Crippen LogP contribution in [0, 0.1) is 0 Å². The lowest BCUT2D eigenvalue weighted by Gasteiger charge is -2.27. The third-order valence-electron chi connectivity index (χ3n) is 5.17. The summed E-state index contributed by atoms with van der Waals surface area (Å²) < 4.78 is 1.96. The highest BCUT2D eigenvalue weighted by molar-refractivity contribution is 5.95. The van der Waals surface area contributed by atoms with Crippen LogP contribution in [0.1, 0.15) is 70.0 Å². The van der Waals surface area contributed by atoms with Crippen molar-refractivity contribution in [1.29, 1.82) is 0 Å². The van der Waals surface area contributed by atoms with E-state index >= 15 is 0 Å². The zero-order chi connectivity index (χ0) is 18.0. The Morgan fingerprint density at radius 2 is 1.96 bits per heavy atom. The summed E-state index contributed by atoms with van der Waals surface area (Å²) in [5, 5.41) is 1.76. The number of fused-ring (bicyclic) bond motifs is 1. The first-order valence-corrected chi connectivity index (χ1v) is 9.42. The molecule has 1 aliphatic rings. The molecule has 0 aliphatic heterocycles.